The van der Waals surface area contributed by atoms with Gasteiger partial charge in [0.2, 0.25) is 5.91 Å². The molecule has 4 N–H and O–H groups in total. The average Bonchev–Trinajstić information content (AvgIpc) is 3.31. The number of nitrogens with two attached hydrogens (primary N) is 1. The lowest BCUT2D eigenvalue weighted by molar-refractivity contribution is -0.130. The number of nitriles is 1. The Balaban J connectivity index is 1.55. The molecule has 0 spiro atoms. The second kappa shape index (κ2) is 10.5. The van der Waals surface area contributed by atoms with E-state index in [1.807, 2.05) is 0 Å². The Kier molecular flexibility index (Phi) is 7.68. The highest BCUT2D eigenvalue weighted by molar-refractivity contribution is 5.87. The molecule has 3 saturated carbocycles. The Bertz CT molecular complexity index is 768. The Morgan fingerprint density at radius 1 is 1.15 bits per heavy atom. The molecule has 4 fully saturated rings. The quantitative estimate of drug-likeness (QED) is 0.230. The van der Waals surface area contributed by atoms with E-state index in [9.17, 15) is 10.1 Å². The van der Waals surface area contributed by atoms with Gasteiger partial charge in [0.1, 0.15) is 11.9 Å². The van der Waals surface area contributed by atoms with Crippen molar-refractivity contribution in [2.75, 3.05) is 13.1 Å². The summed E-state index contributed by atoms with van der Waals surface area (Å²) < 4.78 is 0. The Labute approximate surface area is 198 Å². The maximum Gasteiger partial charge on any atom is 0.237 e. The van der Waals surface area contributed by atoms with Gasteiger partial charge in [-0.15, -0.1) is 5.10 Å². The minimum atomic E-state index is -0.285. The predicted molar refractivity (Wildman–Crippen MR) is 127 cm³/mol. The summed E-state index contributed by atoms with van der Waals surface area (Å²) >= 11 is 0. The first kappa shape index (κ1) is 24.1. The van der Waals surface area contributed by atoms with Crippen LogP contribution in [0.15, 0.2) is 10.3 Å². The van der Waals surface area contributed by atoms with Crippen molar-refractivity contribution in [3.63, 3.8) is 0 Å². The predicted octanol–water partition coefficient (Wildman–Crippen LogP) is 4.18. The van der Waals surface area contributed by atoms with Crippen LogP contribution in [0.4, 0.5) is 0 Å². The van der Waals surface area contributed by atoms with Crippen molar-refractivity contribution in [1.82, 2.24) is 10.2 Å². The zero-order valence-corrected chi connectivity index (χ0v) is 20.1. The molecule has 1 amide bonds. The molecule has 4 aliphatic rings. The minimum Gasteiger partial charge on any atom is -0.385 e. The van der Waals surface area contributed by atoms with Gasteiger partial charge in [0.05, 0.1) is 12.6 Å². The lowest BCUT2D eigenvalue weighted by Crippen LogP contribution is -2.60. The third-order valence-electron chi connectivity index (χ3n) is 9.35. The zero-order chi connectivity index (χ0) is 23.4. The van der Waals surface area contributed by atoms with Crippen molar-refractivity contribution in [2.45, 2.75) is 96.1 Å². The number of carbonyl (C=O) groups excluding carboxylic acids is 1. The van der Waals surface area contributed by atoms with Crippen molar-refractivity contribution in [3.8, 4) is 6.07 Å². The molecule has 1 saturated heterocycles. The molecule has 8 heteroatoms. The molecule has 4 rings (SSSR count). The molecule has 6 unspecified atom stereocenters. The van der Waals surface area contributed by atoms with Gasteiger partial charge in [-0.2, -0.15) is 10.8 Å². The normalized spacial score (nSPS) is 37.5. The van der Waals surface area contributed by atoms with Crippen LogP contribution in [0.1, 0.15) is 84.0 Å². The molecule has 0 radical (unpaired) electrons. The molecule has 0 aromatic rings. The summed E-state index contributed by atoms with van der Waals surface area (Å²) in [5.41, 5.74) is 13.9. The van der Waals surface area contributed by atoms with Gasteiger partial charge in [-0.1, -0.05) is 43.7 Å². The topological polar surface area (TPSA) is 131 Å². The fourth-order valence-corrected chi connectivity index (χ4v) is 8.08. The Morgan fingerprint density at radius 3 is 2.39 bits per heavy atom. The second-order valence-electron chi connectivity index (χ2n) is 11.0. The third kappa shape index (κ3) is 4.66. The summed E-state index contributed by atoms with van der Waals surface area (Å²) in [4.78, 5) is 14.5. The first-order chi connectivity index (χ1) is 16.0. The van der Waals surface area contributed by atoms with Gasteiger partial charge in [0.25, 0.3) is 0 Å². The van der Waals surface area contributed by atoms with Crippen LogP contribution in [0.25, 0.3) is 0 Å². The fraction of sp³-hybridized carbons (Fsp3) is 0.880. The van der Waals surface area contributed by atoms with Gasteiger partial charge in [-0.25, -0.2) is 0 Å². The number of hydrogen-bond donors (Lipinski definition) is 3. The highest BCUT2D eigenvalue weighted by Gasteiger charge is 2.58. The summed E-state index contributed by atoms with van der Waals surface area (Å²) in [6, 6.07) is 2.06. The van der Waals surface area contributed by atoms with Gasteiger partial charge < -0.3 is 16.0 Å². The maximum absolute atomic E-state index is 12.8. The molecule has 3 aliphatic carbocycles. The molecular formula is C25H41N7O. The number of amidine groups is 1. The second-order valence-corrected chi connectivity index (χ2v) is 11.0. The van der Waals surface area contributed by atoms with E-state index < -0.39 is 0 Å². The van der Waals surface area contributed by atoms with Crippen molar-refractivity contribution < 1.29 is 4.79 Å². The number of hydrogen-bond acceptors (Lipinski definition) is 5. The number of likely N-dealkylation sites (tertiary alicyclic amines) is 1. The molecular weight excluding hydrogens is 414 g/mol. The van der Waals surface area contributed by atoms with Crippen LogP contribution in [-0.2, 0) is 4.79 Å². The van der Waals surface area contributed by atoms with E-state index in [-0.39, 0.29) is 30.0 Å². The van der Waals surface area contributed by atoms with Crippen LogP contribution in [0.2, 0.25) is 0 Å². The highest BCUT2D eigenvalue weighted by Crippen LogP contribution is 2.61. The largest absolute Gasteiger partial charge is 0.385 e. The van der Waals surface area contributed by atoms with Gasteiger partial charge in [0, 0.05) is 18.0 Å². The first-order valence-corrected chi connectivity index (χ1v) is 13.1. The van der Waals surface area contributed by atoms with E-state index in [0.29, 0.717) is 36.1 Å². The van der Waals surface area contributed by atoms with E-state index in [2.05, 4.69) is 28.6 Å². The average molecular weight is 456 g/mol. The van der Waals surface area contributed by atoms with Crippen LogP contribution in [0.3, 0.4) is 0 Å². The summed E-state index contributed by atoms with van der Waals surface area (Å²) in [7, 11) is 0. The van der Waals surface area contributed by atoms with Gasteiger partial charge in [-0.3, -0.25) is 4.79 Å². The number of nitrogens with zero attached hydrogens (tertiary/aromatic N) is 4. The summed E-state index contributed by atoms with van der Waals surface area (Å²) in [5, 5.41) is 20.4. The lowest BCUT2D eigenvalue weighted by atomic mass is 9.46. The molecule has 0 bridgehead atoms. The molecule has 0 aromatic carbocycles. The Hall–Kier alpha value is -2.01. The smallest absolute Gasteiger partial charge is 0.237 e. The van der Waals surface area contributed by atoms with Crippen molar-refractivity contribution in [1.29, 1.82) is 10.8 Å². The molecule has 1 aliphatic heterocycles. The van der Waals surface area contributed by atoms with E-state index in [4.69, 9.17) is 11.3 Å². The minimum absolute atomic E-state index is 0.0116. The SMILES string of the molecule is CC(CC1(C(N)=NN=N)C2CCCCC2CC2CCCCC21)NCC(=O)N1CCCC1C#N. The zero-order valence-electron chi connectivity index (χ0n) is 20.1. The number of nitrogens with one attached hydrogen (secondary N) is 2. The van der Waals surface area contributed by atoms with Gasteiger partial charge in [0.15, 0.2) is 0 Å². The number of carbonyl (C=O) groups is 1. The van der Waals surface area contributed by atoms with Crippen molar-refractivity contribution >= 4 is 11.7 Å². The van der Waals surface area contributed by atoms with Crippen LogP contribution >= 0.6 is 0 Å². The number of fused-ring (bicyclic) bond motifs is 2. The maximum atomic E-state index is 12.8. The standard InChI is InChI=1S/C25H41N7O/c1-17(29-16-23(33)32-12-6-9-20(32)15-26)14-25(24(27)30-31-28)21-10-4-2-7-18(21)13-19-8-3-5-11-22(19)25/h17-22,29H,2-14,16H2,1H3,(H3,27,28,30). The molecule has 6 atom stereocenters. The lowest BCUT2D eigenvalue weighted by Gasteiger charge is -2.59. The molecule has 33 heavy (non-hydrogen) atoms. The number of rotatable bonds is 7. The third-order valence-corrected chi connectivity index (χ3v) is 9.35. The van der Waals surface area contributed by atoms with Crippen LogP contribution < -0.4 is 11.1 Å². The van der Waals surface area contributed by atoms with Crippen LogP contribution in [0, 0.1) is 45.9 Å². The van der Waals surface area contributed by atoms with Crippen molar-refractivity contribution in [2.24, 2.45) is 45.1 Å². The highest BCUT2D eigenvalue weighted by atomic mass is 16.2. The van der Waals surface area contributed by atoms with Crippen LogP contribution in [-0.4, -0.2) is 41.8 Å². The van der Waals surface area contributed by atoms with E-state index in [1.165, 1.54) is 57.8 Å². The molecule has 0 aromatic heterocycles. The van der Waals surface area contributed by atoms with E-state index in [0.717, 1.165) is 19.3 Å². The summed E-state index contributed by atoms with van der Waals surface area (Å²) in [6.07, 6.45) is 13.8. The Morgan fingerprint density at radius 2 is 1.79 bits per heavy atom. The molecule has 8 nitrogen and oxygen atoms in total. The van der Waals surface area contributed by atoms with Gasteiger partial charge >= 0.3 is 0 Å². The summed E-state index contributed by atoms with van der Waals surface area (Å²) in [5.74, 6) is 2.88. The van der Waals surface area contributed by atoms with E-state index >= 15 is 0 Å². The monoisotopic (exact) mass is 455 g/mol. The van der Waals surface area contributed by atoms with Gasteiger partial charge in [-0.05, 0) is 69.1 Å². The first-order valence-electron chi connectivity index (χ1n) is 13.1. The van der Waals surface area contributed by atoms with Crippen LogP contribution in [0.5, 0.6) is 0 Å². The van der Waals surface area contributed by atoms with Crippen molar-refractivity contribution in [3.05, 3.63) is 0 Å². The summed E-state index contributed by atoms with van der Waals surface area (Å²) in [6.45, 7) is 3.07. The molecule has 182 valence electrons. The number of amides is 1. The fourth-order valence-electron chi connectivity index (χ4n) is 8.08. The molecule has 1 heterocycles. The van der Waals surface area contributed by atoms with E-state index in [1.54, 1.807) is 4.90 Å².